The van der Waals surface area contributed by atoms with Crippen molar-refractivity contribution in [3.63, 3.8) is 0 Å². The Kier molecular flexibility index (Phi) is 8.02. The number of aromatic nitrogens is 1. The summed E-state index contributed by atoms with van der Waals surface area (Å²) in [4.78, 5) is 4.22. The Bertz CT molecular complexity index is 312. The van der Waals surface area contributed by atoms with E-state index in [2.05, 4.69) is 35.5 Å². The molecule has 18 heavy (non-hydrogen) atoms. The number of nitrogens with zero attached hydrogens (tertiary/aromatic N) is 1. The monoisotopic (exact) mass is 249 g/mol. The van der Waals surface area contributed by atoms with Crippen molar-refractivity contribution in [3.8, 4) is 0 Å². The molecule has 0 bridgehead atoms. The molecule has 0 amide bonds. The summed E-state index contributed by atoms with van der Waals surface area (Å²) >= 11 is 0. The van der Waals surface area contributed by atoms with E-state index < -0.39 is 0 Å². The first-order chi connectivity index (χ1) is 8.86. The van der Waals surface area contributed by atoms with Gasteiger partial charge in [0.15, 0.2) is 0 Å². The fraction of sp³-hybridized carbons (Fsp3) is 0.667. The average Bonchev–Trinajstić information content (AvgIpc) is 2.39. The molecular formula is C15H27N3. The summed E-state index contributed by atoms with van der Waals surface area (Å²) in [6.45, 7) is 6.33. The van der Waals surface area contributed by atoms with Gasteiger partial charge in [-0.05, 0) is 19.4 Å². The first-order valence-electron chi connectivity index (χ1n) is 7.29. The van der Waals surface area contributed by atoms with Crippen LogP contribution < -0.4 is 10.6 Å². The summed E-state index contributed by atoms with van der Waals surface area (Å²) < 4.78 is 0. The van der Waals surface area contributed by atoms with Gasteiger partial charge in [0, 0.05) is 13.1 Å². The van der Waals surface area contributed by atoms with E-state index in [0.717, 1.165) is 24.5 Å². The molecule has 0 aliphatic rings. The molecule has 0 radical (unpaired) electrons. The summed E-state index contributed by atoms with van der Waals surface area (Å²) in [7, 11) is 0. The van der Waals surface area contributed by atoms with Gasteiger partial charge in [0.1, 0.15) is 0 Å². The van der Waals surface area contributed by atoms with Crippen LogP contribution in [0.4, 0.5) is 11.4 Å². The Labute approximate surface area is 111 Å². The second-order valence-corrected chi connectivity index (χ2v) is 4.69. The molecule has 0 saturated carbocycles. The minimum Gasteiger partial charge on any atom is -0.384 e. The molecule has 102 valence electrons. The zero-order valence-corrected chi connectivity index (χ0v) is 11.8. The minimum absolute atomic E-state index is 0.933. The first kappa shape index (κ1) is 14.8. The van der Waals surface area contributed by atoms with Crippen LogP contribution in [0.5, 0.6) is 0 Å². The SMILES string of the molecule is CCCCCCCCNc1cncc(NCC)c1. The zero-order valence-electron chi connectivity index (χ0n) is 11.8. The number of hydrogen-bond acceptors (Lipinski definition) is 3. The molecule has 3 heteroatoms. The van der Waals surface area contributed by atoms with Crippen molar-refractivity contribution in [1.82, 2.24) is 4.98 Å². The lowest BCUT2D eigenvalue weighted by Crippen LogP contribution is -2.03. The third-order valence-electron chi connectivity index (χ3n) is 2.98. The van der Waals surface area contributed by atoms with Gasteiger partial charge in [0.05, 0.1) is 23.8 Å². The van der Waals surface area contributed by atoms with Gasteiger partial charge in [-0.25, -0.2) is 0 Å². The third-order valence-corrected chi connectivity index (χ3v) is 2.98. The highest BCUT2D eigenvalue weighted by atomic mass is 14.9. The van der Waals surface area contributed by atoms with E-state index in [1.165, 1.54) is 38.5 Å². The third kappa shape index (κ3) is 6.48. The maximum absolute atomic E-state index is 4.22. The number of unbranched alkanes of at least 4 members (excludes halogenated alkanes) is 5. The Hall–Kier alpha value is -1.25. The number of anilines is 2. The van der Waals surface area contributed by atoms with Gasteiger partial charge in [-0.1, -0.05) is 39.0 Å². The zero-order chi connectivity index (χ0) is 13.1. The maximum Gasteiger partial charge on any atom is 0.0547 e. The summed E-state index contributed by atoms with van der Waals surface area (Å²) in [6.07, 6.45) is 11.8. The summed E-state index contributed by atoms with van der Waals surface area (Å²) in [5, 5.41) is 6.70. The molecule has 1 aromatic heterocycles. The second kappa shape index (κ2) is 9.75. The molecule has 1 heterocycles. The smallest absolute Gasteiger partial charge is 0.0547 e. The van der Waals surface area contributed by atoms with Gasteiger partial charge in [0.25, 0.3) is 0 Å². The van der Waals surface area contributed by atoms with E-state index in [9.17, 15) is 0 Å². The lowest BCUT2D eigenvalue weighted by atomic mass is 10.1. The van der Waals surface area contributed by atoms with E-state index >= 15 is 0 Å². The predicted molar refractivity (Wildman–Crippen MR) is 80.3 cm³/mol. The number of rotatable bonds is 10. The van der Waals surface area contributed by atoms with Crippen molar-refractivity contribution in [2.75, 3.05) is 23.7 Å². The van der Waals surface area contributed by atoms with Crippen LogP contribution in [-0.4, -0.2) is 18.1 Å². The quantitative estimate of drug-likeness (QED) is 0.607. The van der Waals surface area contributed by atoms with Crippen LogP contribution >= 0.6 is 0 Å². The molecule has 0 aliphatic heterocycles. The predicted octanol–water partition coefficient (Wildman–Crippen LogP) is 4.29. The van der Waals surface area contributed by atoms with Crippen LogP contribution in [0.3, 0.4) is 0 Å². The maximum atomic E-state index is 4.22. The van der Waals surface area contributed by atoms with Crippen LogP contribution in [-0.2, 0) is 0 Å². The molecule has 0 saturated heterocycles. The van der Waals surface area contributed by atoms with E-state index in [1.54, 1.807) is 0 Å². The molecule has 0 unspecified atom stereocenters. The fourth-order valence-electron chi connectivity index (χ4n) is 1.98. The Morgan fingerprint density at radius 3 is 2.28 bits per heavy atom. The highest BCUT2D eigenvalue weighted by Crippen LogP contribution is 2.13. The van der Waals surface area contributed by atoms with E-state index in [4.69, 9.17) is 0 Å². The number of hydrogen-bond donors (Lipinski definition) is 2. The van der Waals surface area contributed by atoms with E-state index in [0.29, 0.717) is 0 Å². The summed E-state index contributed by atoms with van der Waals surface area (Å²) in [5.74, 6) is 0. The first-order valence-corrected chi connectivity index (χ1v) is 7.29. The average molecular weight is 249 g/mol. The van der Waals surface area contributed by atoms with Crippen molar-refractivity contribution >= 4 is 11.4 Å². The topological polar surface area (TPSA) is 37.0 Å². The van der Waals surface area contributed by atoms with Crippen molar-refractivity contribution in [2.45, 2.75) is 52.4 Å². The van der Waals surface area contributed by atoms with Crippen molar-refractivity contribution in [3.05, 3.63) is 18.5 Å². The standard InChI is InChI=1S/C15H27N3/c1-3-5-6-7-8-9-10-18-15-11-14(17-4-2)12-16-13-15/h11-13,17-18H,3-10H2,1-2H3. The largest absolute Gasteiger partial charge is 0.384 e. The van der Waals surface area contributed by atoms with Crippen LogP contribution in [0, 0.1) is 0 Å². The van der Waals surface area contributed by atoms with Crippen molar-refractivity contribution < 1.29 is 0 Å². The molecule has 1 aromatic rings. The lowest BCUT2D eigenvalue weighted by Gasteiger charge is -2.08. The Morgan fingerprint density at radius 2 is 1.56 bits per heavy atom. The van der Waals surface area contributed by atoms with E-state index in [-0.39, 0.29) is 0 Å². The van der Waals surface area contributed by atoms with E-state index in [1.807, 2.05) is 12.4 Å². The number of pyridine rings is 1. The van der Waals surface area contributed by atoms with Crippen LogP contribution in [0.1, 0.15) is 52.4 Å². The molecule has 3 nitrogen and oxygen atoms in total. The summed E-state index contributed by atoms with van der Waals surface area (Å²) in [5.41, 5.74) is 2.20. The fourth-order valence-corrected chi connectivity index (χ4v) is 1.98. The highest BCUT2D eigenvalue weighted by Gasteiger charge is 1.95. The van der Waals surface area contributed by atoms with Crippen molar-refractivity contribution in [1.29, 1.82) is 0 Å². The van der Waals surface area contributed by atoms with Gasteiger partial charge in [-0.3, -0.25) is 4.98 Å². The van der Waals surface area contributed by atoms with Crippen LogP contribution in [0.25, 0.3) is 0 Å². The molecule has 0 atom stereocenters. The molecule has 1 rings (SSSR count). The Morgan fingerprint density at radius 1 is 0.889 bits per heavy atom. The molecule has 0 spiro atoms. The van der Waals surface area contributed by atoms with Gasteiger partial charge < -0.3 is 10.6 Å². The normalized spacial score (nSPS) is 10.3. The molecule has 0 aliphatic carbocycles. The Balaban J connectivity index is 2.13. The molecule has 0 aromatic carbocycles. The highest BCUT2D eigenvalue weighted by molar-refractivity contribution is 5.53. The molecule has 2 N–H and O–H groups in total. The number of nitrogens with one attached hydrogen (secondary N) is 2. The van der Waals surface area contributed by atoms with Gasteiger partial charge >= 0.3 is 0 Å². The minimum atomic E-state index is 0.933. The van der Waals surface area contributed by atoms with Gasteiger partial charge in [-0.2, -0.15) is 0 Å². The molecule has 0 fully saturated rings. The lowest BCUT2D eigenvalue weighted by molar-refractivity contribution is 0.617. The van der Waals surface area contributed by atoms with Crippen LogP contribution in [0.15, 0.2) is 18.5 Å². The van der Waals surface area contributed by atoms with Crippen molar-refractivity contribution in [2.24, 2.45) is 0 Å². The van der Waals surface area contributed by atoms with Gasteiger partial charge in [-0.15, -0.1) is 0 Å². The molecular weight excluding hydrogens is 222 g/mol. The van der Waals surface area contributed by atoms with Crippen LogP contribution in [0.2, 0.25) is 0 Å². The van der Waals surface area contributed by atoms with Gasteiger partial charge in [0.2, 0.25) is 0 Å². The second-order valence-electron chi connectivity index (χ2n) is 4.69. The summed E-state index contributed by atoms with van der Waals surface area (Å²) in [6, 6.07) is 2.12.